The number of aromatic nitrogens is 2. The van der Waals surface area contributed by atoms with E-state index in [1.54, 1.807) is 6.07 Å². The first-order chi connectivity index (χ1) is 8.16. The molecule has 0 aliphatic rings. The number of rotatable bonds is 3. The number of benzene rings is 1. The molecule has 1 aromatic heterocycles. The fourth-order valence-electron chi connectivity index (χ4n) is 1.11. The van der Waals surface area contributed by atoms with Crippen LogP contribution in [0.4, 0.5) is 0 Å². The summed E-state index contributed by atoms with van der Waals surface area (Å²) in [5, 5.41) is 8.68. The van der Waals surface area contributed by atoms with Crippen LogP contribution in [-0.4, -0.2) is 21.0 Å². The van der Waals surface area contributed by atoms with Gasteiger partial charge in [0.2, 0.25) is 0 Å². The van der Waals surface area contributed by atoms with Gasteiger partial charge in [-0.25, -0.2) is 14.8 Å². The van der Waals surface area contributed by atoms with Gasteiger partial charge in [0, 0.05) is 12.4 Å². The van der Waals surface area contributed by atoms with Gasteiger partial charge in [0.25, 0.3) is 0 Å². The zero-order chi connectivity index (χ0) is 12.3. The van der Waals surface area contributed by atoms with Gasteiger partial charge >= 0.3 is 12.0 Å². The zero-order valence-corrected chi connectivity index (χ0v) is 10.1. The van der Waals surface area contributed by atoms with E-state index in [1.165, 1.54) is 12.4 Å². The summed E-state index contributed by atoms with van der Waals surface area (Å²) in [5.41, 5.74) is 0.0180. The third kappa shape index (κ3) is 2.79. The summed E-state index contributed by atoms with van der Waals surface area (Å²) in [4.78, 5) is 18.2. The van der Waals surface area contributed by atoms with Crippen LogP contribution < -0.4 is 4.74 Å². The Morgan fingerprint density at radius 1 is 1.24 bits per heavy atom. The summed E-state index contributed by atoms with van der Waals surface area (Å²) >= 11 is 3.32. The van der Waals surface area contributed by atoms with E-state index in [4.69, 9.17) is 9.84 Å². The van der Waals surface area contributed by atoms with E-state index in [0.717, 1.165) is 4.47 Å². The molecule has 86 valence electrons. The minimum Gasteiger partial charge on any atom is -0.478 e. The average molecular weight is 295 g/mol. The van der Waals surface area contributed by atoms with Crippen molar-refractivity contribution in [1.29, 1.82) is 0 Å². The number of para-hydroxylation sites is 1. The van der Waals surface area contributed by atoms with Crippen molar-refractivity contribution in [1.82, 2.24) is 9.97 Å². The molecule has 0 unspecified atom stereocenters. The Hall–Kier alpha value is -1.95. The molecule has 2 rings (SSSR count). The normalized spacial score (nSPS) is 9.94. The van der Waals surface area contributed by atoms with E-state index in [-0.39, 0.29) is 11.6 Å². The number of aromatic carboxylic acids is 1. The minimum atomic E-state index is -1.07. The van der Waals surface area contributed by atoms with Gasteiger partial charge in [-0.3, -0.25) is 0 Å². The highest BCUT2D eigenvalue weighted by Gasteiger charge is 2.07. The van der Waals surface area contributed by atoms with Crippen LogP contribution in [0.15, 0.2) is 41.1 Å². The Bertz CT molecular complexity index is 543. The molecule has 0 saturated carbocycles. The molecule has 0 amide bonds. The summed E-state index contributed by atoms with van der Waals surface area (Å²) in [7, 11) is 0. The van der Waals surface area contributed by atoms with Crippen LogP contribution in [-0.2, 0) is 0 Å². The number of halogens is 1. The Balaban J connectivity index is 2.20. The zero-order valence-electron chi connectivity index (χ0n) is 8.50. The lowest BCUT2D eigenvalue weighted by Crippen LogP contribution is -1.99. The molecule has 0 radical (unpaired) electrons. The van der Waals surface area contributed by atoms with Crippen LogP contribution in [0.1, 0.15) is 10.4 Å². The van der Waals surface area contributed by atoms with Crippen LogP contribution in [0, 0.1) is 0 Å². The van der Waals surface area contributed by atoms with Crippen LogP contribution in [0.3, 0.4) is 0 Å². The van der Waals surface area contributed by atoms with E-state index >= 15 is 0 Å². The molecule has 6 heteroatoms. The second-order valence-electron chi connectivity index (χ2n) is 3.09. The van der Waals surface area contributed by atoms with E-state index < -0.39 is 5.97 Å². The summed E-state index contributed by atoms with van der Waals surface area (Å²) in [6.07, 6.45) is 2.39. The smallest absolute Gasteiger partial charge is 0.338 e. The van der Waals surface area contributed by atoms with E-state index in [2.05, 4.69) is 25.9 Å². The maximum Gasteiger partial charge on any atom is 0.338 e. The lowest BCUT2D eigenvalue weighted by molar-refractivity contribution is 0.0696. The first-order valence-corrected chi connectivity index (χ1v) is 5.44. The van der Waals surface area contributed by atoms with E-state index in [0.29, 0.717) is 5.75 Å². The lowest BCUT2D eigenvalue weighted by atomic mass is 10.3. The highest BCUT2D eigenvalue weighted by molar-refractivity contribution is 9.10. The molecule has 5 nitrogen and oxygen atoms in total. The average Bonchev–Trinajstić information content (AvgIpc) is 2.33. The van der Waals surface area contributed by atoms with Gasteiger partial charge < -0.3 is 9.84 Å². The highest BCUT2D eigenvalue weighted by atomic mass is 79.9. The molecule has 0 saturated heterocycles. The first-order valence-electron chi connectivity index (χ1n) is 4.64. The second-order valence-corrected chi connectivity index (χ2v) is 3.95. The molecular formula is C11H7BrN2O3. The summed E-state index contributed by atoms with van der Waals surface area (Å²) < 4.78 is 6.15. The quantitative estimate of drug-likeness (QED) is 0.942. The predicted octanol–water partition coefficient (Wildman–Crippen LogP) is 2.73. The molecule has 0 aliphatic carbocycles. The standard InChI is InChI=1S/C11H7BrN2O3/c12-8-3-1-2-4-9(8)17-11-13-5-7(6-14-11)10(15)16/h1-6H,(H,15,16). The Morgan fingerprint density at radius 3 is 2.47 bits per heavy atom. The fraction of sp³-hybridized carbons (Fsp3) is 0. The summed E-state index contributed by atoms with van der Waals surface area (Å²) in [6, 6.07) is 7.33. The summed E-state index contributed by atoms with van der Waals surface area (Å²) in [6.45, 7) is 0. The molecule has 1 heterocycles. The third-order valence-electron chi connectivity index (χ3n) is 1.91. The minimum absolute atomic E-state index is 0.0180. The number of hydrogen-bond donors (Lipinski definition) is 1. The topological polar surface area (TPSA) is 72.3 Å². The van der Waals surface area contributed by atoms with Gasteiger partial charge in [-0.15, -0.1) is 0 Å². The van der Waals surface area contributed by atoms with Crippen molar-refractivity contribution < 1.29 is 14.6 Å². The van der Waals surface area contributed by atoms with Crippen molar-refractivity contribution in [2.45, 2.75) is 0 Å². The lowest BCUT2D eigenvalue weighted by Gasteiger charge is -2.04. The molecular weight excluding hydrogens is 288 g/mol. The molecule has 0 bridgehead atoms. The molecule has 0 spiro atoms. The second kappa shape index (κ2) is 4.92. The first kappa shape index (κ1) is 11.5. The van der Waals surface area contributed by atoms with Crippen LogP contribution >= 0.6 is 15.9 Å². The molecule has 17 heavy (non-hydrogen) atoms. The van der Waals surface area contributed by atoms with Crippen molar-refractivity contribution in [3.05, 3.63) is 46.7 Å². The van der Waals surface area contributed by atoms with Crippen LogP contribution in [0.25, 0.3) is 0 Å². The van der Waals surface area contributed by atoms with Gasteiger partial charge in [-0.2, -0.15) is 0 Å². The third-order valence-corrected chi connectivity index (χ3v) is 2.57. The molecule has 0 fully saturated rings. The number of ether oxygens (including phenoxy) is 1. The maximum absolute atomic E-state index is 10.6. The Labute approximate surface area is 105 Å². The van der Waals surface area contributed by atoms with Crippen molar-refractivity contribution in [2.75, 3.05) is 0 Å². The van der Waals surface area contributed by atoms with Crippen LogP contribution in [0.5, 0.6) is 11.8 Å². The van der Waals surface area contributed by atoms with Crippen molar-refractivity contribution >= 4 is 21.9 Å². The van der Waals surface area contributed by atoms with Crippen molar-refractivity contribution in [3.8, 4) is 11.8 Å². The molecule has 0 aliphatic heterocycles. The number of carbonyl (C=O) groups is 1. The largest absolute Gasteiger partial charge is 0.478 e. The maximum atomic E-state index is 10.6. The van der Waals surface area contributed by atoms with Crippen molar-refractivity contribution in [2.24, 2.45) is 0 Å². The van der Waals surface area contributed by atoms with Gasteiger partial charge in [0.05, 0.1) is 10.0 Å². The van der Waals surface area contributed by atoms with Gasteiger partial charge in [0.15, 0.2) is 0 Å². The van der Waals surface area contributed by atoms with Gasteiger partial charge in [-0.05, 0) is 28.1 Å². The van der Waals surface area contributed by atoms with Gasteiger partial charge in [-0.1, -0.05) is 12.1 Å². The van der Waals surface area contributed by atoms with E-state index in [1.807, 2.05) is 18.2 Å². The number of carboxylic acid groups (broad SMARTS) is 1. The number of nitrogens with zero attached hydrogens (tertiary/aromatic N) is 2. The molecule has 1 aromatic carbocycles. The van der Waals surface area contributed by atoms with E-state index in [9.17, 15) is 4.79 Å². The fourth-order valence-corrected chi connectivity index (χ4v) is 1.47. The number of hydrogen-bond acceptors (Lipinski definition) is 4. The Morgan fingerprint density at radius 2 is 1.88 bits per heavy atom. The highest BCUT2D eigenvalue weighted by Crippen LogP contribution is 2.27. The number of carboxylic acids is 1. The monoisotopic (exact) mass is 294 g/mol. The molecule has 1 N–H and O–H groups in total. The van der Waals surface area contributed by atoms with Crippen LogP contribution in [0.2, 0.25) is 0 Å². The SMILES string of the molecule is O=C(O)c1cnc(Oc2ccccc2Br)nc1. The Kier molecular flexibility index (Phi) is 3.34. The molecule has 0 atom stereocenters. The van der Waals surface area contributed by atoms with Gasteiger partial charge in [0.1, 0.15) is 5.75 Å². The molecule has 2 aromatic rings. The predicted molar refractivity (Wildman–Crippen MR) is 63.2 cm³/mol. The summed E-state index contributed by atoms with van der Waals surface area (Å²) in [5.74, 6) is -0.506. The van der Waals surface area contributed by atoms with Crippen molar-refractivity contribution in [3.63, 3.8) is 0 Å².